The molecule has 0 saturated heterocycles. The average Bonchev–Trinajstić information content (AvgIpc) is 3.04. The first-order valence-electron chi connectivity index (χ1n) is 9.07. The molecule has 5 nitrogen and oxygen atoms in total. The first-order valence-corrected chi connectivity index (χ1v) is 9.48. The maximum Gasteiger partial charge on any atom is 0.175 e. The summed E-state index contributed by atoms with van der Waals surface area (Å²) in [6.07, 6.45) is 7.16. The molecule has 0 amide bonds. The number of anilines is 2. The number of pyridine rings is 1. The van der Waals surface area contributed by atoms with E-state index in [2.05, 4.69) is 65.8 Å². The van der Waals surface area contributed by atoms with Crippen LogP contribution in [0.2, 0.25) is 0 Å². The van der Waals surface area contributed by atoms with Gasteiger partial charge in [-0.3, -0.25) is 0 Å². The average molecular weight is 368 g/mol. The van der Waals surface area contributed by atoms with Crippen LogP contribution >= 0.6 is 12.2 Å². The molecule has 2 N–H and O–H groups in total. The number of nitrogens with one attached hydrogen (secondary N) is 2. The smallest absolute Gasteiger partial charge is 0.175 e. The molecule has 136 valence electrons. The number of aromatic nitrogens is 3. The molecule has 0 aliphatic carbocycles. The third-order valence-electron chi connectivity index (χ3n) is 4.21. The monoisotopic (exact) mass is 367 g/mol. The predicted octanol–water partition coefficient (Wildman–Crippen LogP) is 5.16. The molecule has 0 aliphatic rings. The predicted molar refractivity (Wildman–Crippen MR) is 113 cm³/mol. The van der Waals surface area contributed by atoms with Gasteiger partial charge in [0, 0.05) is 17.1 Å². The molecule has 3 aromatic rings. The van der Waals surface area contributed by atoms with Crippen molar-refractivity contribution in [2.45, 2.75) is 46.1 Å². The number of rotatable bonds is 6. The van der Waals surface area contributed by atoms with Crippen LogP contribution in [-0.2, 0) is 6.42 Å². The summed E-state index contributed by atoms with van der Waals surface area (Å²) in [4.78, 5) is 4.51. The molecule has 26 heavy (non-hydrogen) atoms. The van der Waals surface area contributed by atoms with Crippen molar-refractivity contribution in [3.63, 3.8) is 0 Å². The number of hydrogen-bond acceptors (Lipinski definition) is 3. The fraction of sp³-hybridized carbons (Fsp3) is 0.350. The topological polar surface area (TPSA) is 54.8 Å². The Morgan fingerprint density at radius 2 is 1.85 bits per heavy atom. The third-order valence-corrected chi connectivity index (χ3v) is 4.42. The van der Waals surface area contributed by atoms with Crippen LogP contribution in [0.25, 0.3) is 11.0 Å². The van der Waals surface area contributed by atoms with E-state index in [0.717, 1.165) is 28.8 Å². The molecule has 6 heteroatoms. The molecule has 0 saturated carbocycles. The second-order valence-corrected chi connectivity index (χ2v) is 7.11. The Bertz CT molecular complexity index is 883. The van der Waals surface area contributed by atoms with Crippen LogP contribution in [0.4, 0.5) is 11.4 Å². The third kappa shape index (κ3) is 4.38. The Hall–Kier alpha value is -2.47. The molecular weight excluding hydrogens is 342 g/mol. The number of hydrogen-bond donors (Lipinski definition) is 2. The minimum Gasteiger partial charge on any atom is -0.332 e. The van der Waals surface area contributed by atoms with Crippen LogP contribution in [0, 0.1) is 0 Å². The van der Waals surface area contributed by atoms with Gasteiger partial charge in [-0.15, -0.1) is 0 Å². The lowest BCUT2D eigenvalue weighted by atomic mass is 10.1. The maximum atomic E-state index is 5.42. The Labute approximate surface area is 159 Å². The summed E-state index contributed by atoms with van der Waals surface area (Å²) in [6, 6.07) is 10.7. The van der Waals surface area contributed by atoms with Crippen LogP contribution in [0.15, 0.2) is 42.7 Å². The van der Waals surface area contributed by atoms with Crippen molar-refractivity contribution in [2.75, 3.05) is 10.6 Å². The summed E-state index contributed by atoms with van der Waals surface area (Å²) >= 11 is 5.42. The van der Waals surface area contributed by atoms with E-state index in [1.807, 2.05) is 16.9 Å². The Morgan fingerprint density at radius 3 is 2.54 bits per heavy atom. The van der Waals surface area contributed by atoms with Gasteiger partial charge < -0.3 is 10.6 Å². The van der Waals surface area contributed by atoms with Crippen molar-refractivity contribution in [3.05, 3.63) is 48.3 Å². The van der Waals surface area contributed by atoms with Gasteiger partial charge in [0.1, 0.15) is 0 Å². The highest BCUT2D eigenvalue weighted by molar-refractivity contribution is 7.80. The molecule has 1 aromatic carbocycles. The van der Waals surface area contributed by atoms with Gasteiger partial charge in [-0.25, -0.2) is 9.67 Å². The van der Waals surface area contributed by atoms with E-state index >= 15 is 0 Å². The summed E-state index contributed by atoms with van der Waals surface area (Å²) in [7, 11) is 0. The SMILES string of the molecule is CCCCc1ccc(NC(=S)Nc2cnc3c(cnn3C(C)C)c2)cc1. The van der Waals surface area contributed by atoms with E-state index in [9.17, 15) is 0 Å². The number of unbranched alkanes of at least 4 members (excludes halogenated alkanes) is 1. The lowest BCUT2D eigenvalue weighted by molar-refractivity contribution is 0.546. The van der Waals surface area contributed by atoms with Crippen molar-refractivity contribution in [1.82, 2.24) is 14.8 Å². The largest absolute Gasteiger partial charge is 0.332 e. The van der Waals surface area contributed by atoms with Gasteiger partial charge in [0.15, 0.2) is 10.8 Å². The minimum absolute atomic E-state index is 0.279. The zero-order valence-corrected chi connectivity index (χ0v) is 16.3. The Balaban J connectivity index is 1.63. The van der Waals surface area contributed by atoms with Crippen molar-refractivity contribution in [3.8, 4) is 0 Å². The first kappa shape index (κ1) is 18.3. The van der Waals surface area contributed by atoms with Gasteiger partial charge in [-0.05, 0) is 62.7 Å². The lowest BCUT2D eigenvalue weighted by Gasteiger charge is -2.11. The second-order valence-electron chi connectivity index (χ2n) is 6.70. The first-order chi connectivity index (χ1) is 12.6. The van der Waals surface area contributed by atoms with Gasteiger partial charge in [0.05, 0.1) is 18.1 Å². The van der Waals surface area contributed by atoms with Gasteiger partial charge in [-0.1, -0.05) is 25.5 Å². The van der Waals surface area contributed by atoms with Crippen molar-refractivity contribution >= 4 is 39.7 Å². The molecule has 2 aromatic heterocycles. The van der Waals surface area contributed by atoms with Crippen LogP contribution in [-0.4, -0.2) is 19.9 Å². The highest BCUT2D eigenvalue weighted by atomic mass is 32.1. The van der Waals surface area contributed by atoms with Crippen molar-refractivity contribution in [1.29, 1.82) is 0 Å². The zero-order valence-electron chi connectivity index (χ0n) is 15.5. The van der Waals surface area contributed by atoms with Crippen LogP contribution in [0.1, 0.15) is 45.2 Å². The van der Waals surface area contributed by atoms with E-state index in [1.165, 1.54) is 18.4 Å². The van der Waals surface area contributed by atoms with E-state index in [0.29, 0.717) is 5.11 Å². The number of fused-ring (bicyclic) bond motifs is 1. The second kappa shape index (κ2) is 8.27. The molecule has 0 spiro atoms. The fourth-order valence-electron chi connectivity index (χ4n) is 2.82. The summed E-state index contributed by atoms with van der Waals surface area (Å²) in [6.45, 7) is 6.39. The van der Waals surface area contributed by atoms with Crippen LogP contribution in [0.5, 0.6) is 0 Å². The van der Waals surface area contributed by atoms with Gasteiger partial charge >= 0.3 is 0 Å². The highest BCUT2D eigenvalue weighted by Gasteiger charge is 2.08. The summed E-state index contributed by atoms with van der Waals surface area (Å²) in [5, 5.41) is 12.3. The molecule has 2 heterocycles. The number of benzene rings is 1. The van der Waals surface area contributed by atoms with E-state index in [1.54, 1.807) is 6.20 Å². The van der Waals surface area contributed by atoms with Gasteiger partial charge in [-0.2, -0.15) is 5.10 Å². The molecule has 0 fully saturated rings. The van der Waals surface area contributed by atoms with E-state index in [4.69, 9.17) is 12.2 Å². The molecular formula is C20H25N5S. The summed E-state index contributed by atoms with van der Waals surface area (Å²) in [5.74, 6) is 0. The van der Waals surface area contributed by atoms with E-state index in [-0.39, 0.29) is 6.04 Å². The number of aryl methyl sites for hydroxylation is 1. The normalized spacial score (nSPS) is 11.1. The van der Waals surface area contributed by atoms with E-state index < -0.39 is 0 Å². The van der Waals surface area contributed by atoms with Crippen LogP contribution in [0.3, 0.4) is 0 Å². The molecule has 0 unspecified atom stereocenters. The van der Waals surface area contributed by atoms with Gasteiger partial charge in [0.25, 0.3) is 0 Å². The maximum absolute atomic E-state index is 5.42. The van der Waals surface area contributed by atoms with Gasteiger partial charge in [0.2, 0.25) is 0 Å². The molecule has 0 aliphatic heterocycles. The lowest BCUT2D eigenvalue weighted by Crippen LogP contribution is -2.19. The quantitative estimate of drug-likeness (QED) is 0.589. The molecule has 0 radical (unpaired) electrons. The molecule has 3 rings (SSSR count). The summed E-state index contributed by atoms with van der Waals surface area (Å²) < 4.78 is 1.91. The van der Waals surface area contributed by atoms with Crippen molar-refractivity contribution in [2.24, 2.45) is 0 Å². The molecule has 0 bridgehead atoms. The number of thiocarbonyl (C=S) groups is 1. The highest BCUT2D eigenvalue weighted by Crippen LogP contribution is 2.19. The number of nitrogens with zero attached hydrogens (tertiary/aromatic N) is 3. The van der Waals surface area contributed by atoms with Crippen LogP contribution < -0.4 is 10.6 Å². The standard InChI is InChI=1S/C20H25N5S/c1-4-5-6-15-7-9-17(10-8-15)23-20(26)24-18-11-16-12-22-25(14(2)3)19(16)21-13-18/h7-14H,4-6H2,1-3H3,(H2,23,24,26). The minimum atomic E-state index is 0.279. The Morgan fingerprint density at radius 1 is 1.12 bits per heavy atom. The Kier molecular flexibility index (Phi) is 5.83. The zero-order chi connectivity index (χ0) is 18.5. The fourth-order valence-corrected chi connectivity index (χ4v) is 3.05. The summed E-state index contributed by atoms with van der Waals surface area (Å²) in [5.41, 5.74) is 4.06. The van der Waals surface area contributed by atoms with Crippen molar-refractivity contribution < 1.29 is 0 Å². The molecule has 0 atom stereocenters.